The minimum absolute atomic E-state index is 0.155. The maximum atomic E-state index is 10.6. The molecule has 0 unspecified atom stereocenters. The molecule has 2 aliphatic heterocycles. The van der Waals surface area contributed by atoms with Gasteiger partial charge >= 0.3 is 5.97 Å². The average Bonchev–Trinajstić information content (AvgIpc) is 3.11. The lowest BCUT2D eigenvalue weighted by Crippen LogP contribution is -2.35. The fourth-order valence-corrected chi connectivity index (χ4v) is 3.10. The summed E-state index contributed by atoms with van der Waals surface area (Å²) in [5.74, 6) is -0.0376. The van der Waals surface area contributed by atoms with Gasteiger partial charge in [0.25, 0.3) is 0 Å². The Bertz CT molecular complexity index is 494. The van der Waals surface area contributed by atoms with Gasteiger partial charge in [0.1, 0.15) is 0 Å². The van der Waals surface area contributed by atoms with Gasteiger partial charge < -0.3 is 9.84 Å². The summed E-state index contributed by atoms with van der Waals surface area (Å²) in [5.41, 5.74) is 2.11. The summed E-state index contributed by atoms with van der Waals surface area (Å²) in [4.78, 5) is 13.1. The molecule has 1 atom stereocenters. The predicted molar refractivity (Wildman–Crippen MR) is 77.0 cm³/mol. The fraction of sp³-hybridized carbons (Fsp3) is 0.733. The average molecular weight is 293 g/mol. The van der Waals surface area contributed by atoms with Crippen molar-refractivity contribution in [3.05, 3.63) is 17.5 Å². The molecule has 116 valence electrons. The summed E-state index contributed by atoms with van der Waals surface area (Å²) >= 11 is 0. The zero-order chi connectivity index (χ0) is 14.7. The number of carboxylic acid groups (broad SMARTS) is 1. The van der Waals surface area contributed by atoms with Crippen LogP contribution in [0.1, 0.15) is 30.7 Å². The van der Waals surface area contributed by atoms with Crippen LogP contribution >= 0.6 is 0 Å². The van der Waals surface area contributed by atoms with Crippen molar-refractivity contribution in [2.24, 2.45) is 5.92 Å². The molecule has 1 N–H and O–H groups in total. The molecule has 0 spiro atoms. The van der Waals surface area contributed by atoms with Crippen molar-refractivity contribution in [3.63, 3.8) is 0 Å². The SMILES string of the molecule is O=C(O)CCc1cc2n(n1)CCN(CC[C@H]1CCOC1)C2. The first kappa shape index (κ1) is 14.5. The van der Waals surface area contributed by atoms with Crippen LogP contribution in [0, 0.1) is 5.92 Å². The van der Waals surface area contributed by atoms with Gasteiger partial charge in [-0.05, 0) is 31.4 Å². The molecule has 3 rings (SSSR count). The molecule has 0 radical (unpaired) electrons. The van der Waals surface area contributed by atoms with E-state index in [2.05, 4.69) is 16.1 Å². The number of ether oxygens (including phenoxy) is 1. The second kappa shape index (κ2) is 6.58. The lowest BCUT2D eigenvalue weighted by Gasteiger charge is -2.28. The summed E-state index contributed by atoms with van der Waals surface area (Å²) in [5, 5.41) is 13.2. The zero-order valence-electron chi connectivity index (χ0n) is 12.3. The van der Waals surface area contributed by atoms with Crippen molar-refractivity contribution in [1.29, 1.82) is 0 Å². The zero-order valence-corrected chi connectivity index (χ0v) is 12.3. The summed E-state index contributed by atoms with van der Waals surface area (Å²) in [6, 6.07) is 2.06. The number of aliphatic carboxylic acids is 1. The van der Waals surface area contributed by atoms with E-state index in [0.29, 0.717) is 6.42 Å². The number of carbonyl (C=O) groups is 1. The van der Waals surface area contributed by atoms with Crippen molar-refractivity contribution in [2.45, 2.75) is 38.8 Å². The van der Waals surface area contributed by atoms with E-state index in [0.717, 1.165) is 51.0 Å². The molecule has 6 heteroatoms. The van der Waals surface area contributed by atoms with E-state index < -0.39 is 5.97 Å². The summed E-state index contributed by atoms with van der Waals surface area (Å²) in [7, 11) is 0. The van der Waals surface area contributed by atoms with Gasteiger partial charge in [0.2, 0.25) is 0 Å². The first-order chi connectivity index (χ1) is 10.2. The Morgan fingerprint density at radius 2 is 2.38 bits per heavy atom. The van der Waals surface area contributed by atoms with Crippen LogP contribution in [0.15, 0.2) is 6.07 Å². The Kier molecular flexibility index (Phi) is 4.55. The third-order valence-electron chi connectivity index (χ3n) is 4.40. The van der Waals surface area contributed by atoms with Crippen LogP contribution in [0.2, 0.25) is 0 Å². The smallest absolute Gasteiger partial charge is 0.303 e. The quantitative estimate of drug-likeness (QED) is 0.852. The van der Waals surface area contributed by atoms with Crippen LogP contribution < -0.4 is 0 Å². The predicted octanol–water partition coefficient (Wildman–Crippen LogP) is 1.14. The van der Waals surface area contributed by atoms with Gasteiger partial charge in [-0.15, -0.1) is 0 Å². The number of rotatable bonds is 6. The highest BCUT2D eigenvalue weighted by Gasteiger charge is 2.21. The van der Waals surface area contributed by atoms with E-state index in [-0.39, 0.29) is 6.42 Å². The molecular weight excluding hydrogens is 270 g/mol. The Balaban J connectivity index is 1.51. The second-order valence-corrected chi connectivity index (χ2v) is 6.04. The highest BCUT2D eigenvalue weighted by Crippen LogP contribution is 2.19. The summed E-state index contributed by atoms with van der Waals surface area (Å²) < 4.78 is 7.46. The van der Waals surface area contributed by atoms with Crippen LogP contribution in [-0.2, 0) is 29.0 Å². The van der Waals surface area contributed by atoms with Crippen molar-refractivity contribution in [1.82, 2.24) is 14.7 Å². The minimum atomic E-state index is -0.763. The second-order valence-electron chi connectivity index (χ2n) is 6.04. The number of aryl methyl sites for hydroxylation is 1. The topological polar surface area (TPSA) is 67.6 Å². The standard InChI is InChI=1S/C15H23N3O3/c19-15(20)2-1-13-9-14-10-17(6-7-18(14)16-13)5-3-12-4-8-21-11-12/h9,12H,1-8,10-11H2,(H,19,20)/t12-/m0/s1. The van der Waals surface area contributed by atoms with Crippen molar-refractivity contribution in [2.75, 3.05) is 26.3 Å². The Morgan fingerprint density at radius 1 is 1.48 bits per heavy atom. The number of carboxylic acids is 1. The lowest BCUT2D eigenvalue weighted by atomic mass is 10.0. The molecule has 0 bridgehead atoms. The van der Waals surface area contributed by atoms with Gasteiger partial charge in [-0.3, -0.25) is 14.4 Å². The molecule has 1 saturated heterocycles. The highest BCUT2D eigenvalue weighted by atomic mass is 16.5. The van der Waals surface area contributed by atoms with Gasteiger partial charge in [-0.25, -0.2) is 0 Å². The molecule has 1 aromatic heterocycles. The molecule has 1 fully saturated rings. The Morgan fingerprint density at radius 3 is 3.14 bits per heavy atom. The Labute approximate surface area is 124 Å². The first-order valence-corrected chi connectivity index (χ1v) is 7.78. The van der Waals surface area contributed by atoms with Crippen LogP contribution in [0.3, 0.4) is 0 Å². The monoisotopic (exact) mass is 293 g/mol. The molecule has 3 heterocycles. The van der Waals surface area contributed by atoms with Crippen molar-refractivity contribution < 1.29 is 14.6 Å². The number of nitrogens with zero attached hydrogens (tertiary/aromatic N) is 3. The molecule has 0 saturated carbocycles. The van der Waals surface area contributed by atoms with E-state index in [1.54, 1.807) is 0 Å². The van der Waals surface area contributed by atoms with Crippen LogP contribution in [0.4, 0.5) is 0 Å². The van der Waals surface area contributed by atoms with Crippen molar-refractivity contribution in [3.8, 4) is 0 Å². The Hall–Kier alpha value is -1.40. The fourth-order valence-electron chi connectivity index (χ4n) is 3.10. The number of hydrogen-bond donors (Lipinski definition) is 1. The molecule has 1 aromatic rings. The number of fused-ring (bicyclic) bond motifs is 1. The van der Waals surface area contributed by atoms with Crippen LogP contribution in [0.5, 0.6) is 0 Å². The van der Waals surface area contributed by atoms with Gasteiger partial charge in [0.15, 0.2) is 0 Å². The minimum Gasteiger partial charge on any atom is -0.481 e. The molecule has 0 aromatic carbocycles. The van der Waals surface area contributed by atoms with E-state index in [1.165, 1.54) is 18.5 Å². The largest absolute Gasteiger partial charge is 0.481 e. The van der Waals surface area contributed by atoms with E-state index >= 15 is 0 Å². The molecule has 21 heavy (non-hydrogen) atoms. The molecule has 2 aliphatic rings. The molecule has 0 amide bonds. The third-order valence-corrected chi connectivity index (χ3v) is 4.40. The van der Waals surface area contributed by atoms with Crippen LogP contribution in [0.25, 0.3) is 0 Å². The van der Waals surface area contributed by atoms with Crippen LogP contribution in [-0.4, -0.2) is 52.1 Å². The van der Waals surface area contributed by atoms with Gasteiger partial charge in [-0.1, -0.05) is 0 Å². The number of hydrogen-bond acceptors (Lipinski definition) is 4. The van der Waals surface area contributed by atoms with E-state index in [4.69, 9.17) is 9.84 Å². The maximum absolute atomic E-state index is 10.6. The normalized spacial score (nSPS) is 22.4. The molecular formula is C15H23N3O3. The third kappa shape index (κ3) is 3.83. The molecule has 0 aliphatic carbocycles. The maximum Gasteiger partial charge on any atom is 0.303 e. The molecule has 6 nitrogen and oxygen atoms in total. The van der Waals surface area contributed by atoms with E-state index in [9.17, 15) is 4.79 Å². The summed E-state index contributed by atoms with van der Waals surface area (Å²) in [6.07, 6.45) is 3.09. The van der Waals surface area contributed by atoms with Gasteiger partial charge in [0.05, 0.1) is 24.4 Å². The number of aromatic nitrogens is 2. The first-order valence-electron chi connectivity index (χ1n) is 7.78. The van der Waals surface area contributed by atoms with E-state index in [1.807, 2.05) is 4.68 Å². The summed E-state index contributed by atoms with van der Waals surface area (Å²) in [6.45, 7) is 5.82. The van der Waals surface area contributed by atoms with Gasteiger partial charge in [0, 0.05) is 32.7 Å². The van der Waals surface area contributed by atoms with Gasteiger partial charge in [-0.2, -0.15) is 5.10 Å². The van der Waals surface area contributed by atoms with Crippen molar-refractivity contribution >= 4 is 5.97 Å². The highest BCUT2D eigenvalue weighted by molar-refractivity contribution is 5.66. The lowest BCUT2D eigenvalue weighted by molar-refractivity contribution is -0.136.